The van der Waals surface area contributed by atoms with Gasteiger partial charge in [0.1, 0.15) is 11.9 Å². The normalized spacial score (nSPS) is 16.8. The molecular weight excluding hydrogens is 358 g/mol. The number of nitro groups is 1. The van der Waals surface area contributed by atoms with Gasteiger partial charge in [-0.1, -0.05) is 12.1 Å². The van der Waals surface area contributed by atoms with E-state index in [1.165, 1.54) is 12.1 Å². The molecule has 1 aliphatic rings. The first-order valence-corrected chi connectivity index (χ1v) is 8.27. The number of aromatic nitrogens is 2. The summed E-state index contributed by atoms with van der Waals surface area (Å²) in [7, 11) is 1.92. The first-order chi connectivity index (χ1) is 12.1. The van der Waals surface area contributed by atoms with Crippen molar-refractivity contribution in [2.75, 3.05) is 19.6 Å². The number of carbonyl (C=O) groups is 1. The fraction of sp³-hybridized carbons (Fsp3) is 0.412. The molecule has 0 aliphatic carbocycles. The molecule has 1 unspecified atom stereocenters. The summed E-state index contributed by atoms with van der Waals surface area (Å²) in [5.41, 5.74) is 0.851. The van der Waals surface area contributed by atoms with Crippen LogP contribution in [0.5, 0.6) is 0 Å². The predicted molar refractivity (Wildman–Crippen MR) is 99.2 cm³/mol. The van der Waals surface area contributed by atoms with E-state index in [9.17, 15) is 14.9 Å². The van der Waals surface area contributed by atoms with Gasteiger partial charge in [0.25, 0.3) is 5.69 Å². The van der Waals surface area contributed by atoms with E-state index in [-0.39, 0.29) is 30.0 Å². The van der Waals surface area contributed by atoms with Gasteiger partial charge in [0, 0.05) is 57.6 Å². The third-order valence-corrected chi connectivity index (χ3v) is 4.47. The Bertz CT molecular complexity index is 779. The number of benzene rings is 1. The van der Waals surface area contributed by atoms with Gasteiger partial charge < -0.3 is 14.8 Å². The van der Waals surface area contributed by atoms with E-state index in [4.69, 9.17) is 0 Å². The molecule has 1 N–H and O–H groups in total. The molecule has 0 bridgehead atoms. The molecule has 1 fully saturated rings. The Morgan fingerprint density at radius 2 is 2.27 bits per heavy atom. The van der Waals surface area contributed by atoms with Gasteiger partial charge in [0.2, 0.25) is 5.91 Å². The molecular formula is C17H22ClN5O3. The molecule has 1 atom stereocenters. The maximum absolute atomic E-state index is 12.7. The standard InChI is InChI=1S/C17H21N5O3.ClH/c1-20-9-8-19-17(20)15-12-18-7-10-21(15)16(23)6-5-13-3-2-4-14(11-13)22(24)25;/h2-4,8-9,11,15,18H,5-7,10,12H2,1H3;1H. The second-order valence-electron chi connectivity index (χ2n) is 6.13. The molecule has 1 aromatic heterocycles. The van der Waals surface area contributed by atoms with Gasteiger partial charge in [-0.2, -0.15) is 0 Å². The summed E-state index contributed by atoms with van der Waals surface area (Å²) in [6.45, 7) is 2.06. The van der Waals surface area contributed by atoms with E-state index < -0.39 is 4.92 Å². The number of nitro benzene ring substituents is 1. The van der Waals surface area contributed by atoms with Crippen molar-refractivity contribution in [1.29, 1.82) is 0 Å². The maximum atomic E-state index is 12.7. The number of aryl methyl sites for hydroxylation is 2. The molecule has 0 spiro atoms. The van der Waals surface area contributed by atoms with E-state index in [0.717, 1.165) is 17.9 Å². The van der Waals surface area contributed by atoms with E-state index in [1.54, 1.807) is 12.3 Å². The van der Waals surface area contributed by atoms with Crippen molar-refractivity contribution >= 4 is 24.0 Å². The average Bonchev–Trinajstić information content (AvgIpc) is 3.05. The summed E-state index contributed by atoms with van der Waals surface area (Å²) in [5.74, 6) is 0.900. The second kappa shape index (κ2) is 8.77. The number of nitrogens with one attached hydrogen (secondary N) is 1. The Kier molecular flexibility index (Phi) is 6.70. The number of rotatable bonds is 5. The number of piperazine rings is 1. The van der Waals surface area contributed by atoms with Crippen molar-refractivity contribution in [1.82, 2.24) is 19.8 Å². The lowest BCUT2D eigenvalue weighted by molar-refractivity contribution is -0.384. The third kappa shape index (κ3) is 4.39. The van der Waals surface area contributed by atoms with Crippen LogP contribution < -0.4 is 5.32 Å². The van der Waals surface area contributed by atoms with Crippen LogP contribution in [0.1, 0.15) is 23.9 Å². The molecule has 140 valence electrons. The highest BCUT2D eigenvalue weighted by molar-refractivity contribution is 5.85. The monoisotopic (exact) mass is 379 g/mol. The van der Waals surface area contributed by atoms with Gasteiger partial charge in [-0.05, 0) is 12.0 Å². The molecule has 8 nitrogen and oxygen atoms in total. The summed E-state index contributed by atoms with van der Waals surface area (Å²) in [6.07, 6.45) is 4.41. The third-order valence-electron chi connectivity index (χ3n) is 4.47. The zero-order valence-corrected chi connectivity index (χ0v) is 15.3. The Balaban J connectivity index is 0.00000243. The van der Waals surface area contributed by atoms with Crippen LogP contribution >= 0.6 is 12.4 Å². The van der Waals surface area contributed by atoms with Crippen molar-refractivity contribution in [2.24, 2.45) is 7.05 Å². The van der Waals surface area contributed by atoms with Crippen LogP contribution in [0, 0.1) is 10.1 Å². The van der Waals surface area contributed by atoms with E-state index in [2.05, 4.69) is 10.3 Å². The van der Waals surface area contributed by atoms with E-state index in [0.29, 0.717) is 25.9 Å². The largest absolute Gasteiger partial charge is 0.336 e. The number of amides is 1. The van der Waals surface area contributed by atoms with E-state index >= 15 is 0 Å². The quantitative estimate of drug-likeness (QED) is 0.632. The van der Waals surface area contributed by atoms with Gasteiger partial charge in [0.05, 0.1) is 4.92 Å². The molecule has 0 saturated carbocycles. The van der Waals surface area contributed by atoms with Crippen LogP contribution in [0.2, 0.25) is 0 Å². The number of nitrogens with zero attached hydrogens (tertiary/aromatic N) is 4. The molecule has 2 aromatic rings. The molecule has 1 aliphatic heterocycles. The molecule has 0 radical (unpaired) electrons. The van der Waals surface area contributed by atoms with Gasteiger partial charge in [-0.3, -0.25) is 14.9 Å². The minimum Gasteiger partial charge on any atom is -0.336 e. The first-order valence-electron chi connectivity index (χ1n) is 8.27. The van der Waals surface area contributed by atoms with Crippen molar-refractivity contribution in [3.8, 4) is 0 Å². The van der Waals surface area contributed by atoms with Crippen LogP contribution in [-0.4, -0.2) is 44.9 Å². The zero-order valence-electron chi connectivity index (χ0n) is 14.5. The summed E-state index contributed by atoms with van der Waals surface area (Å²) in [4.78, 5) is 29.4. The highest BCUT2D eigenvalue weighted by atomic mass is 35.5. The number of hydrogen-bond donors (Lipinski definition) is 1. The SMILES string of the molecule is Cl.Cn1ccnc1C1CNCCN1C(=O)CCc1cccc([N+](=O)[O-])c1. The lowest BCUT2D eigenvalue weighted by Gasteiger charge is -2.35. The van der Waals surface area contributed by atoms with Gasteiger partial charge in [0.15, 0.2) is 0 Å². The van der Waals surface area contributed by atoms with Crippen LogP contribution in [0.4, 0.5) is 5.69 Å². The first kappa shape index (κ1) is 19.9. The van der Waals surface area contributed by atoms with Gasteiger partial charge in [-0.25, -0.2) is 4.98 Å². The number of hydrogen-bond acceptors (Lipinski definition) is 5. The van der Waals surface area contributed by atoms with Gasteiger partial charge >= 0.3 is 0 Å². The summed E-state index contributed by atoms with van der Waals surface area (Å²) >= 11 is 0. The van der Waals surface area contributed by atoms with Gasteiger partial charge in [-0.15, -0.1) is 12.4 Å². The zero-order chi connectivity index (χ0) is 17.8. The Morgan fingerprint density at radius 1 is 1.46 bits per heavy atom. The Labute approximate surface area is 157 Å². The van der Waals surface area contributed by atoms with Crippen LogP contribution in [0.3, 0.4) is 0 Å². The van der Waals surface area contributed by atoms with Crippen molar-refractivity contribution in [2.45, 2.75) is 18.9 Å². The molecule has 9 heteroatoms. The number of non-ortho nitro benzene ring substituents is 1. The lowest BCUT2D eigenvalue weighted by Crippen LogP contribution is -2.49. The Morgan fingerprint density at radius 3 is 2.96 bits per heavy atom. The summed E-state index contributed by atoms with van der Waals surface area (Å²) in [5, 5.41) is 14.2. The smallest absolute Gasteiger partial charge is 0.269 e. The highest BCUT2D eigenvalue weighted by Crippen LogP contribution is 2.22. The van der Waals surface area contributed by atoms with Crippen molar-refractivity contribution < 1.29 is 9.72 Å². The average molecular weight is 380 g/mol. The summed E-state index contributed by atoms with van der Waals surface area (Å²) in [6, 6.07) is 6.36. The maximum Gasteiger partial charge on any atom is 0.269 e. The summed E-state index contributed by atoms with van der Waals surface area (Å²) < 4.78 is 1.93. The molecule has 1 aromatic carbocycles. The van der Waals surface area contributed by atoms with Crippen molar-refractivity contribution in [3.05, 3.63) is 58.2 Å². The predicted octanol–water partition coefficient (Wildman–Crippen LogP) is 1.86. The van der Waals surface area contributed by atoms with Crippen LogP contribution in [0.15, 0.2) is 36.7 Å². The van der Waals surface area contributed by atoms with Crippen LogP contribution in [-0.2, 0) is 18.3 Å². The fourth-order valence-corrected chi connectivity index (χ4v) is 3.15. The minimum atomic E-state index is -0.418. The molecule has 2 heterocycles. The van der Waals surface area contributed by atoms with E-state index in [1.807, 2.05) is 28.8 Å². The highest BCUT2D eigenvalue weighted by Gasteiger charge is 2.30. The van der Waals surface area contributed by atoms with Crippen molar-refractivity contribution in [3.63, 3.8) is 0 Å². The Hall–Kier alpha value is -2.45. The van der Waals surface area contributed by atoms with Crippen LogP contribution in [0.25, 0.3) is 0 Å². The molecule has 26 heavy (non-hydrogen) atoms. The minimum absolute atomic E-state index is 0. The fourth-order valence-electron chi connectivity index (χ4n) is 3.15. The number of carbonyl (C=O) groups excluding carboxylic acids is 1. The molecule has 1 amide bonds. The number of imidazole rings is 1. The lowest BCUT2D eigenvalue weighted by atomic mass is 10.1. The number of halogens is 1. The molecule has 1 saturated heterocycles. The molecule has 3 rings (SSSR count). The topological polar surface area (TPSA) is 93.3 Å². The second-order valence-corrected chi connectivity index (χ2v) is 6.13.